The van der Waals surface area contributed by atoms with Crippen LogP contribution in [0, 0.1) is 0 Å². The fraction of sp³-hybridized carbons (Fsp3) is 0.125. The lowest BCUT2D eigenvalue weighted by molar-refractivity contribution is -0.114. The first-order valence-corrected chi connectivity index (χ1v) is 6.41. The van der Waals surface area contributed by atoms with Crippen LogP contribution in [0.25, 0.3) is 21.7 Å². The molecule has 0 aliphatic carbocycles. The van der Waals surface area contributed by atoms with Gasteiger partial charge in [-0.15, -0.1) is 0 Å². The van der Waals surface area contributed by atoms with Crippen LogP contribution in [0.4, 0.5) is 5.69 Å². The summed E-state index contributed by atoms with van der Waals surface area (Å²) in [6, 6.07) is 10.9. The van der Waals surface area contributed by atoms with Crippen molar-refractivity contribution < 1.29 is 13.9 Å². The Balaban J connectivity index is 2.39. The number of fused-ring (bicyclic) bond motifs is 3. The van der Waals surface area contributed by atoms with Crippen LogP contribution in [0.15, 0.2) is 45.6 Å². The zero-order valence-electron chi connectivity index (χ0n) is 11.6. The Kier molecular flexibility index (Phi) is 3.10. The average Bonchev–Trinajstić information content (AvgIpc) is 2.47. The van der Waals surface area contributed by atoms with Gasteiger partial charge in [-0.1, -0.05) is 24.3 Å². The van der Waals surface area contributed by atoms with E-state index >= 15 is 0 Å². The van der Waals surface area contributed by atoms with Crippen molar-refractivity contribution in [2.24, 2.45) is 0 Å². The molecule has 21 heavy (non-hydrogen) atoms. The number of methoxy groups -OCH3 is 1. The Morgan fingerprint density at radius 2 is 1.90 bits per heavy atom. The lowest BCUT2D eigenvalue weighted by Crippen LogP contribution is -2.14. The first-order chi connectivity index (χ1) is 10.1. The molecule has 0 aliphatic heterocycles. The molecule has 5 nitrogen and oxygen atoms in total. The normalized spacial score (nSPS) is 10.8. The van der Waals surface area contributed by atoms with Crippen LogP contribution in [0.3, 0.4) is 0 Å². The molecule has 1 N–H and O–H groups in total. The van der Waals surface area contributed by atoms with Gasteiger partial charge in [-0.25, -0.2) is 4.79 Å². The number of hydrogen-bond donors (Lipinski definition) is 1. The number of rotatable bonds is 2. The highest BCUT2D eigenvalue weighted by Gasteiger charge is 2.12. The lowest BCUT2D eigenvalue weighted by Gasteiger charge is -2.09. The van der Waals surface area contributed by atoms with Gasteiger partial charge in [-0.2, -0.15) is 0 Å². The highest BCUT2D eigenvalue weighted by Crippen LogP contribution is 2.33. The second kappa shape index (κ2) is 4.94. The van der Waals surface area contributed by atoms with Crippen LogP contribution >= 0.6 is 0 Å². The summed E-state index contributed by atoms with van der Waals surface area (Å²) in [6.45, 7) is 1.34. The Labute approximate surface area is 120 Å². The van der Waals surface area contributed by atoms with E-state index in [1.54, 1.807) is 19.2 Å². The number of carbonyl (C=O) groups is 1. The average molecular weight is 283 g/mol. The van der Waals surface area contributed by atoms with Crippen LogP contribution in [-0.4, -0.2) is 13.0 Å². The molecule has 1 aromatic heterocycles. The van der Waals surface area contributed by atoms with E-state index in [0.717, 1.165) is 10.8 Å². The Bertz CT molecular complexity index is 911. The maximum Gasteiger partial charge on any atom is 0.360 e. The molecule has 5 heteroatoms. The fourth-order valence-electron chi connectivity index (χ4n) is 2.36. The SMILES string of the molecule is COc1cc2cc(NC(C)=O)c(=O)oc2c2ccccc12. The second-order valence-electron chi connectivity index (χ2n) is 4.67. The smallest absolute Gasteiger partial charge is 0.360 e. The third kappa shape index (κ3) is 2.23. The monoisotopic (exact) mass is 283 g/mol. The van der Waals surface area contributed by atoms with E-state index in [2.05, 4.69) is 5.32 Å². The van der Waals surface area contributed by atoms with Gasteiger partial charge in [-0.3, -0.25) is 4.79 Å². The zero-order chi connectivity index (χ0) is 15.0. The third-order valence-electron chi connectivity index (χ3n) is 3.23. The Morgan fingerprint density at radius 1 is 1.19 bits per heavy atom. The summed E-state index contributed by atoms with van der Waals surface area (Å²) < 4.78 is 10.8. The molecule has 0 fully saturated rings. The molecule has 0 atom stereocenters. The van der Waals surface area contributed by atoms with E-state index in [1.807, 2.05) is 24.3 Å². The number of anilines is 1. The van der Waals surface area contributed by atoms with Crippen LogP contribution in [-0.2, 0) is 4.79 Å². The lowest BCUT2D eigenvalue weighted by atomic mass is 10.1. The summed E-state index contributed by atoms with van der Waals surface area (Å²) in [5.41, 5.74) is 0.0193. The van der Waals surface area contributed by atoms with Crippen molar-refractivity contribution in [2.75, 3.05) is 12.4 Å². The molecule has 0 aliphatic rings. The van der Waals surface area contributed by atoms with Gasteiger partial charge in [-0.05, 0) is 12.1 Å². The van der Waals surface area contributed by atoms with Crippen molar-refractivity contribution >= 4 is 33.3 Å². The summed E-state index contributed by atoms with van der Waals surface area (Å²) in [7, 11) is 1.58. The fourth-order valence-corrected chi connectivity index (χ4v) is 2.36. The number of amides is 1. The standard InChI is InChI=1S/C16H13NO4/c1-9(18)17-13-7-10-8-14(20-2)11-5-3-4-6-12(11)15(10)21-16(13)19/h3-8H,1-2H3,(H,17,18). The van der Waals surface area contributed by atoms with Crippen molar-refractivity contribution in [1.82, 2.24) is 0 Å². The highest BCUT2D eigenvalue weighted by atomic mass is 16.5. The Hall–Kier alpha value is -2.82. The summed E-state index contributed by atoms with van der Waals surface area (Å²) in [5.74, 6) is 0.357. The molecule has 0 spiro atoms. The minimum atomic E-state index is -0.576. The van der Waals surface area contributed by atoms with E-state index in [0.29, 0.717) is 16.7 Å². The predicted octanol–water partition coefficient (Wildman–Crippen LogP) is 2.91. The number of hydrogen-bond acceptors (Lipinski definition) is 4. The molecule has 106 valence electrons. The van der Waals surface area contributed by atoms with Crippen molar-refractivity contribution in [3.63, 3.8) is 0 Å². The topological polar surface area (TPSA) is 68.5 Å². The highest BCUT2D eigenvalue weighted by molar-refractivity contribution is 6.08. The van der Waals surface area contributed by atoms with Gasteiger partial charge in [0, 0.05) is 23.1 Å². The van der Waals surface area contributed by atoms with Gasteiger partial charge < -0.3 is 14.5 Å². The number of nitrogens with one attached hydrogen (secondary N) is 1. The number of benzene rings is 2. The van der Waals surface area contributed by atoms with E-state index in [-0.39, 0.29) is 11.6 Å². The predicted molar refractivity (Wildman–Crippen MR) is 80.8 cm³/mol. The maximum atomic E-state index is 12.0. The summed E-state index contributed by atoms with van der Waals surface area (Å²) >= 11 is 0. The van der Waals surface area contributed by atoms with Gasteiger partial charge in [0.2, 0.25) is 5.91 Å². The molecule has 0 radical (unpaired) electrons. The minimum absolute atomic E-state index is 0.118. The molecule has 0 bridgehead atoms. The number of carbonyl (C=O) groups excluding carboxylic acids is 1. The molecule has 2 aromatic carbocycles. The molecule has 0 unspecified atom stereocenters. The van der Waals surface area contributed by atoms with E-state index in [1.165, 1.54) is 6.92 Å². The van der Waals surface area contributed by atoms with Crippen LogP contribution in [0.5, 0.6) is 5.75 Å². The van der Waals surface area contributed by atoms with E-state index in [4.69, 9.17) is 9.15 Å². The molecular formula is C16H13NO4. The molecule has 1 heterocycles. The van der Waals surface area contributed by atoms with Gasteiger partial charge >= 0.3 is 5.63 Å². The van der Waals surface area contributed by atoms with Gasteiger partial charge in [0.15, 0.2) is 0 Å². The molecule has 0 saturated carbocycles. The summed E-state index contributed by atoms with van der Waals surface area (Å²) in [6.07, 6.45) is 0. The second-order valence-corrected chi connectivity index (χ2v) is 4.67. The van der Waals surface area contributed by atoms with Crippen molar-refractivity contribution in [2.45, 2.75) is 6.92 Å². The quantitative estimate of drug-likeness (QED) is 0.580. The summed E-state index contributed by atoms with van der Waals surface area (Å²) in [5, 5.41) is 4.81. The summed E-state index contributed by atoms with van der Waals surface area (Å²) in [4.78, 5) is 23.1. The van der Waals surface area contributed by atoms with Gasteiger partial charge in [0.25, 0.3) is 0 Å². The number of ether oxygens (including phenoxy) is 1. The minimum Gasteiger partial charge on any atom is -0.496 e. The largest absolute Gasteiger partial charge is 0.496 e. The van der Waals surface area contributed by atoms with E-state index in [9.17, 15) is 9.59 Å². The van der Waals surface area contributed by atoms with E-state index < -0.39 is 5.63 Å². The molecular weight excluding hydrogens is 270 g/mol. The van der Waals surface area contributed by atoms with Crippen molar-refractivity contribution in [3.8, 4) is 5.75 Å². The van der Waals surface area contributed by atoms with Crippen molar-refractivity contribution in [1.29, 1.82) is 0 Å². The Morgan fingerprint density at radius 3 is 2.57 bits per heavy atom. The van der Waals surface area contributed by atoms with Crippen LogP contribution in [0.1, 0.15) is 6.92 Å². The zero-order valence-corrected chi connectivity index (χ0v) is 11.6. The van der Waals surface area contributed by atoms with Crippen LogP contribution in [0.2, 0.25) is 0 Å². The molecule has 3 aromatic rings. The molecule has 0 saturated heterocycles. The van der Waals surface area contributed by atoms with Crippen molar-refractivity contribution in [3.05, 3.63) is 46.8 Å². The first-order valence-electron chi connectivity index (χ1n) is 6.41. The molecule has 3 rings (SSSR count). The van der Waals surface area contributed by atoms with Gasteiger partial charge in [0.05, 0.1) is 7.11 Å². The third-order valence-corrected chi connectivity index (χ3v) is 3.23. The first kappa shape index (κ1) is 13.2. The van der Waals surface area contributed by atoms with Crippen LogP contribution < -0.4 is 15.7 Å². The molecule has 1 amide bonds. The maximum absolute atomic E-state index is 12.0. The van der Waals surface area contributed by atoms with Gasteiger partial charge in [0.1, 0.15) is 17.0 Å².